The number of pyridine rings is 2. The van der Waals surface area contributed by atoms with E-state index in [1.165, 1.54) is 5.56 Å². The minimum Gasteiger partial charge on any atom is -0.387 e. The molecule has 3 aromatic heterocycles. The normalized spacial score (nSPS) is 14.8. The Morgan fingerprint density at radius 1 is 1.14 bits per heavy atom. The van der Waals surface area contributed by atoms with Crippen LogP contribution < -0.4 is 16.0 Å². The van der Waals surface area contributed by atoms with Crippen molar-refractivity contribution < 1.29 is 5.11 Å². The number of nitrogens with one attached hydrogen (secondary N) is 3. The van der Waals surface area contributed by atoms with E-state index in [0.29, 0.717) is 23.0 Å². The lowest BCUT2D eigenvalue weighted by Crippen LogP contribution is -2.24. The Morgan fingerprint density at radius 2 is 2.00 bits per heavy atom. The molecule has 0 bridgehead atoms. The molecule has 4 rings (SSSR count). The molecule has 8 nitrogen and oxygen atoms in total. The molecule has 1 atom stereocenters. The van der Waals surface area contributed by atoms with Crippen LogP contribution >= 0.6 is 0 Å². The monoisotopic (exact) mass is 379 g/mol. The summed E-state index contributed by atoms with van der Waals surface area (Å²) in [5, 5.41) is 20.6. The number of aromatic nitrogens is 4. The Hall–Kier alpha value is -2.84. The van der Waals surface area contributed by atoms with Gasteiger partial charge in [0.15, 0.2) is 5.82 Å². The fourth-order valence-electron chi connectivity index (χ4n) is 3.23. The minimum absolute atomic E-state index is 0.183. The summed E-state index contributed by atoms with van der Waals surface area (Å²) in [5.41, 5.74) is 3.63. The van der Waals surface area contributed by atoms with E-state index in [1.807, 2.05) is 26.0 Å². The van der Waals surface area contributed by atoms with E-state index in [9.17, 15) is 5.11 Å². The quantitative estimate of drug-likeness (QED) is 0.536. The molecule has 1 aliphatic rings. The lowest BCUT2D eigenvalue weighted by atomic mass is 10.1. The van der Waals surface area contributed by atoms with Crippen LogP contribution in [0.25, 0.3) is 10.9 Å². The number of anilines is 3. The number of hydrogen-bond donors (Lipinski definition) is 4. The van der Waals surface area contributed by atoms with Crippen LogP contribution in [-0.2, 0) is 13.0 Å². The van der Waals surface area contributed by atoms with Gasteiger partial charge in [-0.2, -0.15) is 0 Å². The van der Waals surface area contributed by atoms with Crippen LogP contribution in [0.2, 0.25) is 0 Å². The molecule has 0 aromatic carbocycles. The molecule has 4 heterocycles. The van der Waals surface area contributed by atoms with Gasteiger partial charge in [0.1, 0.15) is 11.3 Å². The second-order valence-electron chi connectivity index (χ2n) is 7.36. The first-order chi connectivity index (χ1) is 13.5. The smallest absolute Gasteiger partial charge is 0.229 e. The van der Waals surface area contributed by atoms with E-state index in [0.717, 1.165) is 36.4 Å². The SMILES string of the molecule is CC(C)Nc1nc([C@@H](C)O)cc2cnc(Nc3ccc4c(n3)CCNC4)nc12. The molecule has 0 saturated heterocycles. The lowest BCUT2D eigenvalue weighted by Gasteiger charge is -2.17. The Bertz CT molecular complexity index is 1000. The van der Waals surface area contributed by atoms with Gasteiger partial charge in [0.05, 0.1) is 11.8 Å². The van der Waals surface area contributed by atoms with Crippen molar-refractivity contribution in [2.45, 2.75) is 45.9 Å². The Morgan fingerprint density at radius 3 is 2.79 bits per heavy atom. The van der Waals surface area contributed by atoms with E-state index in [2.05, 4.69) is 37.0 Å². The molecule has 3 aromatic rings. The lowest BCUT2D eigenvalue weighted by molar-refractivity contribution is 0.194. The van der Waals surface area contributed by atoms with E-state index < -0.39 is 6.10 Å². The maximum atomic E-state index is 9.93. The van der Waals surface area contributed by atoms with Crippen LogP contribution in [-0.4, -0.2) is 37.6 Å². The van der Waals surface area contributed by atoms with E-state index in [4.69, 9.17) is 4.98 Å². The molecule has 0 amide bonds. The number of fused-ring (bicyclic) bond motifs is 2. The molecule has 4 N–H and O–H groups in total. The highest BCUT2D eigenvalue weighted by molar-refractivity contribution is 5.89. The highest BCUT2D eigenvalue weighted by atomic mass is 16.3. The Balaban J connectivity index is 1.69. The maximum absolute atomic E-state index is 9.93. The fraction of sp³-hybridized carbons (Fsp3) is 0.400. The van der Waals surface area contributed by atoms with Gasteiger partial charge in [-0.3, -0.25) is 0 Å². The van der Waals surface area contributed by atoms with Gasteiger partial charge in [-0.05, 0) is 38.5 Å². The first kappa shape index (κ1) is 18.5. The topological polar surface area (TPSA) is 108 Å². The second-order valence-corrected chi connectivity index (χ2v) is 7.36. The van der Waals surface area contributed by atoms with Crippen molar-refractivity contribution in [3.05, 3.63) is 41.3 Å². The largest absolute Gasteiger partial charge is 0.387 e. The zero-order valence-electron chi connectivity index (χ0n) is 16.3. The van der Waals surface area contributed by atoms with Crippen molar-refractivity contribution in [1.29, 1.82) is 0 Å². The van der Waals surface area contributed by atoms with E-state index in [1.54, 1.807) is 13.1 Å². The van der Waals surface area contributed by atoms with Gasteiger partial charge < -0.3 is 21.1 Å². The molecule has 0 fully saturated rings. The molecule has 1 aliphatic heterocycles. The van der Waals surface area contributed by atoms with Gasteiger partial charge in [0.25, 0.3) is 0 Å². The van der Waals surface area contributed by atoms with Gasteiger partial charge in [-0.15, -0.1) is 0 Å². The molecular formula is C20H25N7O. The summed E-state index contributed by atoms with van der Waals surface area (Å²) in [6, 6.07) is 6.03. The number of hydrogen-bond acceptors (Lipinski definition) is 8. The number of aliphatic hydroxyl groups is 1. The summed E-state index contributed by atoms with van der Waals surface area (Å²) >= 11 is 0. The maximum Gasteiger partial charge on any atom is 0.229 e. The first-order valence-corrected chi connectivity index (χ1v) is 9.58. The summed E-state index contributed by atoms with van der Waals surface area (Å²) in [6.07, 6.45) is 1.99. The zero-order chi connectivity index (χ0) is 19.7. The Kier molecular flexibility index (Phi) is 5.06. The summed E-state index contributed by atoms with van der Waals surface area (Å²) in [6.45, 7) is 7.57. The highest BCUT2D eigenvalue weighted by Crippen LogP contribution is 2.26. The second kappa shape index (κ2) is 7.65. The molecule has 0 spiro atoms. The van der Waals surface area contributed by atoms with Gasteiger partial charge in [0.2, 0.25) is 5.95 Å². The third-order valence-corrected chi connectivity index (χ3v) is 4.60. The predicted octanol–water partition coefficient (Wildman–Crippen LogP) is 2.68. The zero-order valence-corrected chi connectivity index (χ0v) is 16.3. The predicted molar refractivity (Wildman–Crippen MR) is 110 cm³/mol. The van der Waals surface area contributed by atoms with Crippen LogP contribution in [0.3, 0.4) is 0 Å². The van der Waals surface area contributed by atoms with Crippen molar-refractivity contribution in [2.24, 2.45) is 0 Å². The average molecular weight is 379 g/mol. The van der Waals surface area contributed by atoms with Crippen LogP contribution in [0.1, 0.15) is 43.8 Å². The van der Waals surface area contributed by atoms with Gasteiger partial charge in [-0.25, -0.2) is 19.9 Å². The molecule has 28 heavy (non-hydrogen) atoms. The van der Waals surface area contributed by atoms with Crippen molar-refractivity contribution in [3.63, 3.8) is 0 Å². The first-order valence-electron chi connectivity index (χ1n) is 9.58. The van der Waals surface area contributed by atoms with Gasteiger partial charge in [0, 0.05) is 42.8 Å². The summed E-state index contributed by atoms with van der Waals surface area (Å²) in [5.74, 6) is 1.83. The molecule has 146 valence electrons. The van der Waals surface area contributed by atoms with Crippen LogP contribution in [0.4, 0.5) is 17.6 Å². The van der Waals surface area contributed by atoms with Crippen molar-refractivity contribution in [2.75, 3.05) is 17.2 Å². The Labute approximate surface area is 163 Å². The third-order valence-electron chi connectivity index (χ3n) is 4.60. The summed E-state index contributed by atoms with van der Waals surface area (Å²) in [4.78, 5) is 18.3. The van der Waals surface area contributed by atoms with Crippen LogP contribution in [0, 0.1) is 0 Å². The summed E-state index contributed by atoms with van der Waals surface area (Å²) in [7, 11) is 0. The van der Waals surface area contributed by atoms with Crippen LogP contribution in [0.5, 0.6) is 0 Å². The van der Waals surface area contributed by atoms with E-state index in [-0.39, 0.29) is 6.04 Å². The van der Waals surface area contributed by atoms with Gasteiger partial charge in [-0.1, -0.05) is 6.07 Å². The number of nitrogens with zero attached hydrogens (tertiary/aromatic N) is 4. The molecule has 0 radical (unpaired) electrons. The molecule has 0 unspecified atom stereocenters. The third kappa shape index (κ3) is 3.88. The molecule has 0 aliphatic carbocycles. The van der Waals surface area contributed by atoms with Crippen molar-refractivity contribution >= 4 is 28.5 Å². The standard InChI is InChI=1S/C20H25N7O/c1-11(2)23-19-18-14(8-16(25-19)12(3)28)10-22-20(27-18)26-17-5-4-13-9-21-7-6-15(13)24-17/h4-5,8,10-12,21,28H,6-7,9H2,1-3H3,(H,23,25)(H,22,24,26,27)/t12-/m1/s1. The molecular weight excluding hydrogens is 354 g/mol. The van der Waals surface area contributed by atoms with Gasteiger partial charge >= 0.3 is 0 Å². The van der Waals surface area contributed by atoms with E-state index >= 15 is 0 Å². The number of aliphatic hydroxyl groups excluding tert-OH is 1. The van der Waals surface area contributed by atoms with Crippen molar-refractivity contribution in [1.82, 2.24) is 25.3 Å². The van der Waals surface area contributed by atoms with Crippen LogP contribution in [0.15, 0.2) is 24.4 Å². The fourth-order valence-corrected chi connectivity index (χ4v) is 3.23. The molecule has 8 heteroatoms. The number of rotatable bonds is 5. The summed E-state index contributed by atoms with van der Waals surface area (Å²) < 4.78 is 0. The highest BCUT2D eigenvalue weighted by Gasteiger charge is 2.14. The molecule has 0 saturated carbocycles. The minimum atomic E-state index is -0.663. The average Bonchev–Trinajstić information content (AvgIpc) is 2.67. The van der Waals surface area contributed by atoms with Crippen molar-refractivity contribution in [3.8, 4) is 0 Å².